The van der Waals surface area contributed by atoms with Crippen molar-refractivity contribution in [2.45, 2.75) is 19.4 Å². The molecule has 1 aliphatic heterocycles. The summed E-state index contributed by atoms with van der Waals surface area (Å²) in [5.41, 5.74) is 0.770. The third-order valence-corrected chi connectivity index (χ3v) is 5.74. The van der Waals surface area contributed by atoms with Gasteiger partial charge in [0.1, 0.15) is 5.82 Å². The van der Waals surface area contributed by atoms with Crippen LogP contribution in [0.5, 0.6) is 0 Å². The molecule has 0 amide bonds. The van der Waals surface area contributed by atoms with Crippen molar-refractivity contribution in [3.05, 3.63) is 29.5 Å². The number of hydrogen-bond donors (Lipinski definition) is 0. The Bertz CT molecular complexity index is 779. The first-order valence-corrected chi connectivity index (χ1v) is 9.09. The molecule has 1 fully saturated rings. The van der Waals surface area contributed by atoms with Gasteiger partial charge in [0.05, 0.1) is 17.0 Å². The van der Waals surface area contributed by atoms with Crippen molar-refractivity contribution in [3.8, 4) is 0 Å². The molecule has 3 rings (SSSR count). The zero-order chi connectivity index (χ0) is 15.0. The van der Waals surface area contributed by atoms with E-state index in [2.05, 4.69) is 9.97 Å². The predicted molar refractivity (Wildman–Crippen MR) is 84.6 cm³/mol. The number of rotatable bonds is 3. The van der Waals surface area contributed by atoms with E-state index in [0.29, 0.717) is 13.0 Å². The maximum atomic E-state index is 11.7. The summed E-state index contributed by atoms with van der Waals surface area (Å²) in [6, 6.07) is 7.58. The highest BCUT2D eigenvalue weighted by atomic mass is 35.5. The molecule has 5 nitrogen and oxygen atoms in total. The van der Waals surface area contributed by atoms with Crippen LogP contribution in [0.1, 0.15) is 13.3 Å². The number of benzene rings is 1. The van der Waals surface area contributed by atoms with Crippen LogP contribution in [0.3, 0.4) is 0 Å². The van der Waals surface area contributed by atoms with Crippen LogP contribution in [0, 0.1) is 0 Å². The molecule has 2 aromatic rings. The van der Waals surface area contributed by atoms with E-state index in [1.807, 2.05) is 36.1 Å². The summed E-state index contributed by atoms with van der Waals surface area (Å²) in [6.45, 7) is 2.67. The van der Waals surface area contributed by atoms with Crippen molar-refractivity contribution < 1.29 is 8.42 Å². The van der Waals surface area contributed by atoms with E-state index in [1.165, 1.54) is 0 Å². The Morgan fingerprint density at radius 3 is 2.76 bits per heavy atom. The van der Waals surface area contributed by atoms with Crippen LogP contribution in [-0.2, 0) is 9.84 Å². The van der Waals surface area contributed by atoms with Gasteiger partial charge in [0.25, 0.3) is 0 Å². The van der Waals surface area contributed by atoms with Crippen LogP contribution >= 0.6 is 11.6 Å². The molecule has 1 aromatic carbocycles. The van der Waals surface area contributed by atoms with Gasteiger partial charge in [-0.3, -0.25) is 0 Å². The summed E-state index contributed by atoms with van der Waals surface area (Å²) in [4.78, 5) is 10.6. The third kappa shape index (κ3) is 2.82. The quantitative estimate of drug-likeness (QED) is 0.810. The Hall–Kier alpha value is -1.40. The summed E-state index contributed by atoms with van der Waals surface area (Å²) in [6.07, 6.45) is 0.631. The molecule has 7 heteroatoms. The van der Waals surface area contributed by atoms with Crippen molar-refractivity contribution in [1.29, 1.82) is 0 Å². The molecule has 0 bridgehead atoms. The van der Waals surface area contributed by atoms with Crippen LogP contribution in [0.15, 0.2) is 24.3 Å². The first-order chi connectivity index (χ1) is 10.00. The Kier molecular flexibility index (Phi) is 3.75. The maximum absolute atomic E-state index is 11.7. The summed E-state index contributed by atoms with van der Waals surface area (Å²) in [5, 5.41) is 1.08. The number of aromatic nitrogens is 2. The maximum Gasteiger partial charge on any atom is 0.224 e. The summed E-state index contributed by atoms with van der Waals surface area (Å²) in [5.74, 6) is 1.14. The molecule has 1 aromatic heterocycles. The Morgan fingerprint density at radius 1 is 1.33 bits per heavy atom. The first kappa shape index (κ1) is 14.5. The normalized spacial score (nSPS) is 20.8. The minimum Gasteiger partial charge on any atom is -0.352 e. The van der Waals surface area contributed by atoms with Gasteiger partial charge in [0.15, 0.2) is 9.84 Å². The summed E-state index contributed by atoms with van der Waals surface area (Å²) < 4.78 is 23.5. The summed E-state index contributed by atoms with van der Waals surface area (Å²) in [7, 11) is -2.94. The molecule has 0 radical (unpaired) electrons. The fourth-order valence-electron chi connectivity index (χ4n) is 2.85. The average molecular weight is 326 g/mol. The smallest absolute Gasteiger partial charge is 0.224 e. The number of nitrogens with zero attached hydrogens (tertiary/aromatic N) is 3. The molecule has 112 valence electrons. The van der Waals surface area contributed by atoms with E-state index in [9.17, 15) is 8.42 Å². The number of fused-ring (bicyclic) bond motifs is 1. The average Bonchev–Trinajstić information content (AvgIpc) is 2.79. The number of hydrogen-bond acceptors (Lipinski definition) is 5. The van der Waals surface area contributed by atoms with Crippen molar-refractivity contribution in [3.63, 3.8) is 0 Å². The largest absolute Gasteiger partial charge is 0.352 e. The standard InChI is InChI=1S/C14H16ClN3O2S/c1-2-18(10-7-8-21(19,20)9-10)13-11-5-3-4-6-12(11)16-14(15)17-13/h3-6,10H,2,7-9H2,1H3. The molecule has 2 heterocycles. The van der Waals surface area contributed by atoms with Gasteiger partial charge in [0.2, 0.25) is 5.28 Å². The second-order valence-electron chi connectivity index (χ2n) is 5.18. The zero-order valence-corrected chi connectivity index (χ0v) is 13.2. The van der Waals surface area contributed by atoms with Crippen LogP contribution < -0.4 is 4.90 Å². The van der Waals surface area contributed by atoms with Gasteiger partial charge in [0, 0.05) is 18.0 Å². The highest BCUT2D eigenvalue weighted by Crippen LogP contribution is 2.29. The van der Waals surface area contributed by atoms with Crippen molar-refractivity contribution >= 4 is 38.2 Å². The SMILES string of the molecule is CCN(c1nc(Cl)nc2ccccc12)C1CCS(=O)(=O)C1. The molecular formula is C14H16ClN3O2S. The van der Waals surface area contributed by atoms with Gasteiger partial charge in [-0.2, -0.15) is 4.98 Å². The van der Waals surface area contributed by atoms with E-state index in [1.54, 1.807) is 0 Å². The van der Waals surface area contributed by atoms with E-state index in [-0.39, 0.29) is 22.8 Å². The van der Waals surface area contributed by atoms with Gasteiger partial charge in [-0.15, -0.1) is 0 Å². The lowest BCUT2D eigenvalue weighted by Gasteiger charge is -2.28. The number of halogens is 1. The summed E-state index contributed by atoms with van der Waals surface area (Å²) >= 11 is 6.02. The van der Waals surface area contributed by atoms with Crippen molar-refractivity contribution in [1.82, 2.24) is 9.97 Å². The Balaban J connectivity index is 2.09. The van der Waals surface area contributed by atoms with Crippen LogP contribution in [0.25, 0.3) is 10.9 Å². The van der Waals surface area contributed by atoms with Crippen LogP contribution in [0.4, 0.5) is 5.82 Å². The van der Waals surface area contributed by atoms with E-state index >= 15 is 0 Å². The zero-order valence-electron chi connectivity index (χ0n) is 11.7. The van der Waals surface area contributed by atoms with Gasteiger partial charge < -0.3 is 4.90 Å². The van der Waals surface area contributed by atoms with Gasteiger partial charge in [-0.25, -0.2) is 13.4 Å². The van der Waals surface area contributed by atoms with Gasteiger partial charge in [-0.1, -0.05) is 12.1 Å². The predicted octanol–water partition coefficient (Wildman–Crippen LogP) is 2.30. The minimum atomic E-state index is -2.94. The van der Waals surface area contributed by atoms with E-state index in [4.69, 9.17) is 11.6 Å². The fourth-order valence-corrected chi connectivity index (χ4v) is 4.76. The molecule has 0 N–H and O–H groups in total. The highest BCUT2D eigenvalue weighted by molar-refractivity contribution is 7.91. The molecule has 1 unspecified atom stereocenters. The van der Waals surface area contributed by atoms with Crippen LogP contribution in [0.2, 0.25) is 5.28 Å². The third-order valence-electron chi connectivity index (χ3n) is 3.82. The first-order valence-electron chi connectivity index (χ1n) is 6.89. The van der Waals surface area contributed by atoms with Crippen molar-refractivity contribution in [2.75, 3.05) is 23.0 Å². The Labute approximate surface area is 128 Å². The lowest BCUT2D eigenvalue weighted by Crippen LogP contribution is -2.37. The van der Waals surface area contributed by atoms with Crippen LogP contribution in [-0.4, -0.2) is 42.5 Å². The lowest BCUT2D eigenvalue weighted by atomic mass is 10.1. The molecular weight excluding hydrogens is 310 g/mol. The second kappa shape index (κ2) is 5.42. The van der Waals surface area contributed by atoms with E-state index in [0.717, 1.165) is 16.7 Å². The fraction of sp³-hybridized carbons (Fsp3) is 0.429. The molecule has 0 saturated carbocycles. The number of para-hydroxylation sites is 1. The highest BCUT2D eigenvalue weighted by Gasteiger charge is 2.33. The molecule has 1 atom stereocenters. The van der Waals surface area contributed by atoms with E-state index < -0.39 is 9.84 Å². The second-order valence-corrected chi connectivity index (χ2v) is 7.74. The monoisotopic (exact) mass is 325 g/mol. The number of anilines is 1. The van der Waals surface area contributed by atoms with Gasteiger partial charge >= 0.3 is 0 Å². The minimum absolute atomic E-state index is 0.0469. The topological polar surface area (TPSA) is 63.2 Å². The molecule has 1 saturated heterocycles. The molecule has 1 aliphatic rings. The lowest BCUT2D eigenvalue weighted by molar-refractivity contribution is 0.599. The number of sulfone groups is 1. The van der Waals surface area contributed by atoms with Gasteiger partial charge in [-0.05, 0) is 37.1 Å². The van der Waals surface area contributed by atoms with Crippen molar-refractivity contribution in [2.24, 2.45) is 0 Å². The molecule has 21 heavy (non-hydrogen) atoms. The Morgan fingerprint density at radius 2 is 2.10 bits per heavy atom. The molecule has 0 spiro atoms. The molecule has 0 aliphatic carbocycles.